The minimum Gasteiger partial charge on any atom is -0.317 e. The summed E-state index contributed by atoms with van der Waals surface area (Å²) in [4.78, 5) is 0. The van der Waals surface area contributed by atoms with Gasteiger partial charge in [-0.25, -0.2) is 8.42 Å². The molecule has 0 fully saturated rings. The summed E-state index contributed by atoms with van der Waals surface area (Å²) < 4.78 is 25.5. The van der Waals surface area contributed by atoms with Crippen molar-refractivity contribution in [2.75, 3.05) is 30.2 Å². The summed E-state index contributed by atoms with van der Waals surface area (Å²) in [6.45, 7) is 3.77. The van der Waals surface area contributed by atoms with Crippen LogP contribution in [0.3, 0.4) is 0 Å². The van der Waals surface area contributed by atoms with Gasteiger partial charge in [-0.15, -0.1) is 0 Å². The fourth-order valence-electron chi connectivity index (χ4n) is 1.62. The molecule has 0 amide bonds. The second-order valence-corrected chi connectivity index (χ2v) is 6.34. The number of rotatable bonds is 8. The molecule has 4 nitrogen and oxygen atoms in total. The van der Waals surface area contributed by atoms with Gasteiger partial charge in [0.25, 0.3) is 0 Å². The van der Waals surface area contributed by atoms with Crippen LogP contribution in [0.2, 0.25) is 0 Å². The summed E-state index contributed by atoms with van der Waals surface area (Å²) in [6, 6.07) is 9.15. The van der Waals surface area contributed by atoms with Gasteiger partial charge < -0.3 is 5.32 Å². The molecule has 1 rings (SSSR count). The molecule has 0 saturated heterocycles. The first-order valence-corrected chi connectivity index (χ1v) is 7.91. The summed E-state index contributed by atoms with van der Waals surface area (Å²) in [5.41, 5.74) is 0.707. The van der Waals surface area contributed by atoms with Crippen molar-refractivity contribution in [2.45, 2.75) is 19.8 Å². The lowest BCUT2D eigenvalue weighted by Crippen LogP contribution is -2.30. The third-order valence-corrected chi connectivity index (χ3v) is 4.57. The van der Waals surface area contributed by atoms with Gasteiger partial charge in [0, 0.05) is 7.05 Å². The molecule has 0 unspecified atom stereocenters. The minimum atomic E-state index is -3.21. The van der Waals surface area contributed by atoms with E-state index in [-0.39, 0.29) is 5.75 Å². The molecule has 102 valence electrons. The van der Waals surface area contributed by atoms with E-state index in [1.165, 1.54) is 4.31 Å². The first kappa shape index (κ1) is 15.0. The Hall–Kier alpha value is -1.07. The van der Waals surface area contributed by atoms with E-state index < -0.39 is 10.0 Å². The van der Waals surface area contributed by atoms with Gasteiger partial charge >= 0.3 is 0 Å². The maximum absolute atomic E-state index is 12.1. The zero-order chi connectivity index (χ0) is 13.4. The van der Waals surface area contributed by atoms with Crippen molar-refractivity contribution in [1.29, 1.82) is 0 Å². The van der Waals surface area contributed by atoms with Gasteiger partial charge in [0.05, 0.1) is 11.4 Å². The third kappa shape index (κ3) is 4.66. The molecule has 0 aliphatic heterocycles. The zero-order valence-electron chi connectivity index (χ0n) is 11.1. The van der Waals surface area contributed by atoms with Crippen LogP contribution in [-0.2, 0) is 10.0 Å². The normalized spacial score (nSPS) is 11.4. The van der Waals surface area contributed by atoms with Crippen LogP contribution >= 0.6 is 0 Å². The van der Waals surface area contributed by atoms with Crippen molar-refractivity contribution in [3.63, 3.8) is 0 Å². The molecule has 0 aromatic heterocycles. The van der Waals surface area contributed by atoms with Crippen LogP contribution < -0.4 is 9.62 Å². The van der Waals surface area contributed by atoms with Crippen LogP contribution in [0.15, 0.2) is 30.3 Å². The number of para-hydroxylation sites is 1. The molecule has 1 N–H and O–H groups in total. The average Bonchev–Trinajstić information content (AvgIpc) is 2.38. The highest BCUT2D eigenvalue weighted by atomic mass is 32.2. The van der Waals surface area contributed by atoms with Crippen molar-refractivity contribution >= 4 is 15.7 Å². The van der Waals surface area contributed by atoms with Gasteiger partial charge in [-0.3, -0.25) is 4.31 Å². The molecular formula is C13H22N2O2S. The molecule has 0 atom stereocenters. The van der Waals surface area contributed by atoms with Crippen LogP contribution in [-0.4, -0.2) is 34.3 Å². The number of sulfonamides is 1. The van der Waals surface area contributed by atoms with Crippen LogP contribution in [0.5, 0.6) is 0 Å². The molecule has 1 aromatic rings. The largest absolute Gasteiger partial charge is 0.317 e. The lowest BCUT2D eigenvalue weighted by atomic mass is 10.3. The number of benzene rings is 1. The van der Waals surface area contributed by atoms with E-state index >= 15 is 0 Å². The number of hydrogen-bond donors (Lipinski definition) is 1. The zero-order valence-corrected chi connectivity index (χ0v) is 11.9. The summed E-state index contributed by atoms with van der Waals surface area (Å²) in [7, 11) is -1.61. The Kier molecular flexibility index (Phi) is 6.15. The Morgan fingerprint density at radius 3 is 2.44 bits per heavy atom. The average molecular weight is 270 g/mol. The first-order chi connectivity index (χ1) is 8.58. The monoisotopic (exact) mass is 270 g/mol. The van der Waals surface area contributed by atoms with Gasteiger partial charge in [-0.1, -0.05) is 25.1 Å². The van der Waals surface area contributed by atoms with E-state index in [1.54, 1.807) is 19.2 Å². The summed E-state index contributed by atoms with van der Waals surface area (Å²) in [6.07, 6.45) is 1.70. The van der Waals surface area contributed by atoms with Crippen LogP contribution in [0.4, 0.5) is 5.69 Å². The van der Waals surface area contributed by atoms with E-state index in [0.29, 0.717) is 12.1 Å². The highest BCUT2D eigenvalue weighted by molar-refractivity contribution is 7.92. The molecule has 0 aliphatic carbocycles. The van der Waals surface area contributed by atoms with Gasteiger partial charge in [0.1, 0.15) is 0 Å². The molecule has 0 bridgehead atoms. The highest BCUT2D eigenvalue weighted by Gasteiger charge is 2.17. The molecule has 0 radical (unpaired) electrons. The van der Waals surface area contributed by atoms with Crippen LogP contribution in [0.25, 0.3) is 0 Å². The minimum absolute atomic E-state index is 0.176. The van der Waals surface area contributed by atoms with Crippen LogP contribution in [0.1, 0.15) is 19.8 Å². The topological polar surface area (TPSA) is 49.4 Å². The lowest BCUT2D eigenvalue weighted by molar-refractivity contribution is 0.586. The van der Waals surface area contributed by atoms with E-state index in [1.807, 2.05) is 18.2 Å². The fraction of sp³-hybridized carbons (Fsp3) is 0.538. The molecule has 18 heavy (non-hydrogen) atoms. The Balaban J connectivity index is 2.48. The van der Waals surface area contributed by atoms with Gasteiger partial charge in [-0.2, -0.15) is 0 Å². The van der Waals surface area contributed by atoms with E-state index in [9.17, 15) is 8.42 Å². The van der Waals surface area contributed by atoms with Crippen molar-refractivity contribution < 1.29 is 8.42 Å². The lowest BCUT2D eigenvalue weighted by Gasteiger charge is -2.19. The van der Waals surface area contributed by atoms with E-state index in [2.05, 4.69) is 12.2 Å². The van der Waals surface area contributed by atoms with Gasteiger partial charge in [0.15, 0.2) is 0 Å². The van der Waals surface area contributed by atoms with Crippen molar-refractivity contribution in [1.82, 2.24) is 5.32 Å². The maximum Gasteiger partial charge on any atom is 0.234 e. The number of nitrogens with zero attached hydrogens (tertiary/aromatic N) is 1. The summed E-state index contributed by atoms with van der Waals surface area (Å²) >= 11 is 0. The maximum atomic E-state index is 12.1. The number of anilines is 1. The van der Waals surface area contributed by atoms with E-state index in [0.717, 1.165) is 19.5 Å². The molecule has 5 heteroatoms. The second-order valence-electron chi connectivity index (χ2n) is 4.22. The number of hydrogen-bond acceptors (Lipinski definition) is 3. The summed E-state index contributed by atoms with van der Waals surface area (Å²) in [5, 5.41) is 3.20. The molecule has 0 heterocycles. The summed E-state index contributed by atoms with van der Waals surface area (Å²) in [5.74, 6) is 0.176. The fourth-order valence-corrected chi connectivity index (χ4v) is 2.84. The highest BCUT2D eigenvalue weighted by Crippen LogP contribution is 2.15. The standard InChI is InChI=1S/C13H22N2O2S/c1-3-10-14-11-7-12-18(16,17)15(2)13-8-5-4-6-9-13/h4-6,8-9,14H,3,7,10-12H2,1-2H3. The predicted octanol–water partition coefficient (Wildman–Crippen LogP) is 1.84. The van der Waals surface area contributed by atoms with Gasteiger partial charge in [-0.05, 0) is 38.1 Å². The first-order valence-electron chi connectivity index (χ1n) is 6.30. The van der Waals surface area contributed by atoms with Crippen molar-refractivity contribution in [3.05, 3.63) is 30.3 Å². The van der Waals surface area contributed by atoms with Crippen molar-refractivity contribution in [2.24, 2.45) is 0 Å². The van der Waals surface area contributed by atoms with Crippen LogP contribution in [0, 0.1) is 0 Å². The van der Waals surface area contributed by atoms with E-state index in [4.69, 9.17) is 0 Å². The Labute approximate surface area is 110 Å². The molecule has 0 spiro atoms. The smallest absolute Gasteiger partial charge is 0.234 e. The second kappa shape index (κ2) is 7.38. The number of nitrogens with one attached hydrogen (secondary N) is 1. The molecule has 1 aromatic carbocycles. The Morgan fingerprint density at radius 1 is 1.17 bits per heavy atom. The third-order valence-electron chi connectivity index (χ3n) is 2.72. The van der Waals surface area contributed by atoms with Crippen molar-refractivity contribution in [3.8, 4) is 0 Å². The Bertz CT molecular complexity index is 432. The van der Waals surface area contributed by atoms with Gasteiger partial charge in [0.2, 0.25) is 10.0 Å². The molecule has 0 saturated carbocycles. The molecular weight excluding hydrogens is 248 g/mol. The Morgan fingerprint density at radius 2 is 1.83 bits per heavy atom. The quantitative estimate of drug-likeness (QED) is 0.733. The molecule has 0 aliphatic rings. The SMILES string of the molecule is CCCNCCCS(=O)(=O)N(C)c1ccccc1. The predicted molar refractivity (Wildman–Crippen MR) is 76.4 cm³/mol.